The zero-order valence-electron chi connectivity index (χ0n) is 13.0. The average Bonchev–Trinajstić information content (AvgIpc) is 3.05. The number of nitrogens with zero attached hydrogens (tertiary/aromatic N) is 3. The van der Waals surface area contributed by atoms with Crippen molar-refractivity contribution in [3.8, 4) is 0 Å². The largest absolute Gasteiger partial charge is 0.451 e. The van der Waals surface area contributed by atoms with Crippen LogP contribution in [0.15, 0.2) is 34.9 Å². The molecule has 0 fully saturated rings. The molecule has 2 heterocycles. The maximum atomic E-state index is 12.5. The first-order chi connectivity index (χ1) is 10.4. The molecule has 114 valence electrons. The Hall–Kier alpha value is -2.63. The van der Waals surface area contributed by atoms with Crippen LogP contribution in [0.1, 0.15) is 35.7 Å². The summed E-state index contributed by atoms with van der Waals surface area (Å²) in [5.41, 5.74) is 1.84. The molecule has 3 aromatic rings. The Bertz CT molecular complexity index is 845. The SMILES string of the molecule is Cc1cccc2oc(C(=O)NC(C)(C)c3cn(C)nn3)cc12. The minimum Gasteiger partial charge on any atom is -0.451 e. The third-order valence-electron chi connectivity index (χ3n) is 3.67. The van der Waals surface area contributed by atoms with E-state index in [4.69, 9.17) is 4.42 Å². The van der Waals surface area contributed by atoms with Crippen LogP contribution in [0, 0.1) is 6.92 Å². The Morgan fingerprint density at radius 1 is 1.36 bits per heavy atom. The average molecular weight is 298 g/mol. The zero-order valence-corrected chi connectivity index (χ0v) is 13.0. The zero-order chi connectivity index (χ0) is 15.9. The Kier molecular flexibility index (Phi) is 3.24. The Morgan fingerprint density at radius 2 is 2.14 bits per heavy atom. The first kappa shape index (κ1) is 14.3. The molecule has 1 amide bonds. The van der Waals surface area contributed by atoms with E-state index in [-0.39, 0.29) is 5.91 Å². The van der Waals surface area contributed by atoms with Gasteiger partial charge in [-0.05, 0) is 38.5 Å². The molecule has 22 heavy (non-hydrogen) atoms. The molecule has 6 heteroatoms. The molecule has 0 aliphatic carbocycles. The smallest absolute Gasteiger partial charge is 0.287 e. The molecule has 0 atom stereocenters. The molecule has 2 aromatic heterocycles. The number of fused-ring (bicyclic) bond motifs is 1. The van der Waals surface area contributed by atoms with Gasteiger partial charge in [-0.1, -0.05) is 17.3 Å². The summed E-state index contributed by atoms with van der Waals surface area (Å²) < 4.78 is 7.25. The van der Waals surface area contributed by atoms with Crippen LogP contribution in [0.5, 0.6) is 0 Å². The highest BCUT2D eigenvalue weighted by Crippen LogP contribution is 2.24. The lowest BCUT2D eigenvalue weighted by molar-refractivity contribution is 0.0884. The fourth-order valence-corrected chi connectivity index (χ4v) is 2.36. The third kappa shape index (κ3) is 2.47. The molecule has 0 unspecified atom stereocenters. The standard InChI is InChI=1S/C16H18N4O2/c1-10-6-5-7-12-11(10)8-13(22-12)15(21)17-16(2,3)14-9-20(4)19-18-14/h5-9H,1-4H3,(H,17,21). The fraction of sp³-hybridized carbons (Fsp3) is 0.312. The molecule has 0 aliphatic heterocycles. The number of aromatic nitrogens is 3. The van der Waals surface area contributed by atoms with Crippen LogP contribution in [0.4, 0.5) is 0 Å². The first-order valence-electron chi connectivity index (χ1n) is 7.05. The van der Waals surface area contributed by atoms with Crippen molar-refractivity contribution in [1.29, 1.82) is 0 Å². The number of carbonyl (C=O) groups is 1. The third-order valence-corrected chi connectivity index (χ3v) is 3.67. The van der Waals surface area contributed by atoms with E-state index in [2.05, 4.69) is 15.6 Å². The van der Waals surface area contributed by atoms with E-state index in [1.165, 1.54) is 0 Å². The topological polar surface area (TPSA) is 73.0 Å². The second-order valence-electron chi connectivity index (χ2n) is 5.95. The number of hydrogen-bond acceptors (Lipinski definition) is 4. The van der Waals surface area contributed by atoms with Gasteiger partial charge in [0.15, 0.2) is 5.76 Å². The first-order valence-corrected chi connectivity index (χ1v) is 7.05. The van der Waals surface area contributed by atoms with Crippen LogP contribution in [-0.4, -0.2) is 20.9 Å². The molecule has 0 bridgehead atoms. The maximum absolute atomic E-state index is 12.5. The highest BCUT2D eigenvalue weighted by molar-refractivity contribution is 5.97. The van der Waals surface area contributed by atoms with Gasteiger partial charge in [-0.15, -0.1) is 5.10 Å². The molecule has 1 aromatic carbocycles. The number of carbonyl (C=O) groups excluding carboxylic acids is 1. The molecule has 0 spiro atoms. The summed E-state index contributed by atoms with van der Waals surface area (Å²) in [5.74, 6) is 0.0209. The van der Waals surface area contributed by atoms with Crippen molar-refractivity contribution in [2.75, 3.05) is 0 Å². The lowest BCUT2D eigenvalue weighted by atomic mass is 10.0. The van der Waals surface area contributed by atoms with Gasteiger partial charge in [-0.2, -0.15) is 0 Å². The van der Waals surface area contributed by atoms with Gasteiger partial charge in [0.1, 0.15) is 11.3 Å². The van der Waals surface area contributed by atoms with Gasteiger partial charge >= 0.3 is 0 Å². The van der Waals surface area contributed by atoms with Crippen molar-refractivity contribution in [3.05, 3.63) is 47.5 Å². The number of furan rings is 1. The number of benzene rings is 1. The van der Waals surface area contributed by atoms with E-state index < -0.39 is 5.54 Å². The molecule has 3 rings (SSSR count). The van der Waals surface area contributed by atoms with Crippen LogP contribution in [-0.2, 0) is 12.6 Å². The van der Waals surface area contributed by atoms with Gasteiger partial charge in [-0.3, -0.25) is 9.48 Å². The Morgan fingerprint density at radius 3 is 2.77 bits per heavy atom. The van der Waals surface area contributed by atoms with Crippen LogP contribution in [0.25, 0.3) is 11.0 Å². The van der Waals surface area contributed by atoms with E-state index in [0.717, 1.165) is 10.9 Å². The predicted octanol–water partition coefficient (Wildman–Crippen LogP) is 2.53. The number of amides is 1. The monoisotopic (exact) mass is 298 g/mol. The van der Waals surface area contributed by atoms with Gasteiger partial charge in [0.2, 0.25) is 0 Å². The number of rotatable bonds is 3. The van der Waals surface area contributed by atoms with E-state index in [9.17, 15) is 4.79 Å². The Balaban J connectivity index is 1.88. The molecule has 0 saturated heterocycles. The number of nitrogens with one attached hydrogen (secondary N) is 1. The quantitative estimate of drug-likeness (QED) is 0.806. The molecule has 6 nitrogen and oxygen atoms in total. The van der Waals surface area contributed by atoms with E-state index in [0.29, 0.717) is 17.0 Å². The lowest BCUT2D eigenvalue weighted by Gasteiger charge is -2.22. The van der Waals surface area contributed by atoms with Gasteiger partial charge in [0.25, 0.3) is 5.91 Å². The number of hydrogen-bond donors (Lipinski definition) is 1. The maximum Gasteiger partial charge on any atom is 0.287 e. The van der Waals surface area contributed by atoms with Crippen molar-refractivity contribution in [2.24, 2.45) is 7.05 Å². The van der Waals surface area contributed by atoms with Crippen LogP contribution >= 0.6 is 0 Å². The number of aryl methyl sites for hydroxylation is 2. The minimum absolute atomic E-state index is 0.272. The van der Waals surface area contributed by atoms with Crippen molar-refractivity contribution in [1.82, 2.24) is 20.3 Å². The van der Waals surface area contributed by atoms with Crippen LogP contribution in [0.2, 0.25) is 0 Å². The van der Waals surface area contributed by atoms with Gasteiger partial charge in [0.05, 0.1) is 11.7 Å². The predicted molar refractivity (Wildman–Crippen MR) is 82.4 cm³/mol. The molecule has 1 N–H and O–H groups in total. The minimum atomic E-state index is -0.640. The highest BCUT2D eigenvalue weighted by Gasteiger charge is 2.28. The molecule has 0 saturated carbocycles. The summed E-state index contributed by atoms with van der Waals surface area (Å²) in [4.78, 5) is 12.5. The normalized spacial score (nSPS) is 11.8. The molecular weight excluding hydrogens is 280 g/mol. The second-order valence-corrected chi connectivity index (χ2v) is 5.95. The van der Waals surface area contributed by atoms with Gasteiger partial charge < -0.3 is 9.73 Å². The summed E-state index contributed by atoms with van der Waals surface area (Å²) in [6.07, 6.45) is 1.78. The molecule has 0 radical (unpaired) electrons. The van der Waals surface area contributed by atoms with Crippen LogP contribution in [0.3, 0.4) is 0 Å². The van der Waals surface area contributed by atoms with Gasteiger partial charge in [0, 0.05) is 12.4 Å². The molecular formula is C16H18N4O2. The van der Waals surface area contributed by atoms with Crippen molar-refractivity contribution in [3.63, 3.8) is 0 Å². The summed E-state index contributed by atoms with van der Waals surface area (Å²) >= 11 is 0. The van der Waals surface area contributed by atoms with Crippen molar-refractivity contribution < 1.29 is 9.21 Å². The van der Waals surface area contributed by atoms with E-state index in [1.807, 2.05) is 39.0 Å². The fourth-order valence-electron chi connectivity index (χ4n) is 2.36. The summed E-state index contributed by atoms with van der Waals surface area (Å²) in [7, 11) is 1.79. The van der Waals surface area contributed by atoms with Crippen molar-refractivity contribution in [2.45, 2.75) is 26.3 Å². The van der Waals surface area contributed by atoms with E-state index in [1.54, 1.807) is 24.0 Å². The summed E-state index contributed by atoms with van der Waals surface area (Å²) in [5, 5.41) is 11.8. The van der Waals surface area contributed by atoms with E-state index >= 15 is 0 Å². The summed E-state index contributed by atoms with van der Waals surface area (Å²) in [6, 6.07) is 7.52. The second kappa shape index (κ2) is 4.98. The van der Waals surface area contributed by atoms with Crippen LogP contribution < -0.4 is 5.32 Å². The Labute approximate surface area is 128 Å². The lowest BCUT2D eigenvalue weighted by Crippen LogP contribution is -2.41. The summed E-state index contributed by atoms with van der Waals surface area (Å²) in [6.45, 7) is 5.74. The van der Waals surface area contributed by atoms with Gasteiger partial charge in [-0.25, -0.2) is 0 Å². The molecule has 0 aliphatic rings. The highest BCUT2D eigenvalue weighted by atomic mass is 16.3. The van der Waals surface area contributed by atoms with Crippen molar-refractivity contribution >= 4 is 16.9 Å².